The number of sulfonamides is 1. The van der Waals surface area contributed by atoms with Crippen LogP contribution in [0.4, 0.5) is 5.13 Å². The van der Waals surface area contributed by atoms with Gasteiger partial charge in [0.25, 0.3) is 5.91 Å². The molecule has 1 aromatic carbocycles. The summed E-state index contributed by atoms with van der Waals surface area (Å²) in [6, 6.07) is 5.76. The minimum Gasteiger partial charge on any atom is -0.298 e. The third-order valence-electron chi connectivity index (χ3n) is 3.68. The van der Waals surface area contributed by atoms with E-state index in [1.807, 2.05) is 13.2 Å². The zero-order valence-electron chi connectivity index (χ0n) is 14.7. The highest BCUT2D eigenvalue weighted by molar-refractivity contribution is 8.00. The van der Waals surface area contributed by atoms with Gasteiger partial charge in [-0.25, -0.2) is 13.4 Å². The van der Waals surface area contributed by atoms with E-state index in [1.165, 1.54) is 47.0 Å². The molecule has 0 unspecified atom stereocenters. The van der Waals surface area contributed by atoms with E-state index in [9.17, 15) is 13.2 Å². The third-order valence-corrected chi connectivity index (χ3v) is 8.01. The Morgan fingerprint density at radius 2 is 1.88 bits per heavy atom. The molecule has 0 atom stereocenters. The Balaban J connectivity index is 2.17. The van der Waals surface area contributed by atoms with Gasteiger partial charge in [0.2, 0.25) is 10.0 Å². The van der Waals surface area contributed by atoms with E-state index in [2.05, 4.69) is 10.3 Å². The second-order valence-electron chi connectivity index (χ2n) is 5.69. The molecule has 0 spiro atoms. The Labute approximate surface area is 156 Å². The first-order chi connectivity index (χ1) is 11.7. The average molecular weight is 400 g/mol. The molecule has 1 aromatic heterocycles. The molecular formula is C16H21N3O3S3. The summed E-state index contributed by atoms with van der Waals surface area (Å²) in [5.41, 5.74) is 1.26. The van der Waals surface area contributed by atoms with Crippen molar-refractivity contribution in [2.45, 2.75) is 35.9 Å². The maximum Gasteiger partial charge on any atom is 0.257 e. The number of aryl methyl sites for hydroxylation is 1. The van der Waals surface area contributed by atoms with Gasteiger partial charge in [-0.2, -0.15) is 4.31 Å². The van der Waals surface area contributed by atoms with E-state index in [-0.39, 0.29) is 16.8 Å². The second-order valence-corrected chi connectivity index (χ2v) is 9.76. The number of thioether (sulfide) groups is 1. The fourth-order valence-electron chi connectivity index (χ4n) is 2.02. The molecule has 136 valence electrons. The van der Waals surface area contributed by atoms with Gasteiger partial charge in [-0.15, -0.1) is 11.8 Å². The highest BCUT2D eigenvalue weighted by Gasteiger charge is 2.23. The molecular weight excluding hydrogens is 378 g/mol. The lowest BCUT2D eigenvalue weighted by molar-refractivity contribution is 0.102. The zero-order valence-corrected chi connectivity index (χ0v) is 17.2. The predicted octanol–water partition coefficient (Wildman–Crippen LogP) is 3.45. The molecule has 1 amide bonds. The predicted molar refractivity (Wildman–Crippen MR) is 103 cm³/mol. The van der Waals surface area contributed by atoms with Crippen molar-refractivity contribution < 1.29 is 13.2 Å². The number of amides is 1. The van der Waals surface area contributed by atoms with Crippen molar-refractivity contribution >= 4 is 44.2 Å². The van der Waals surface area contributed by atoms with Crippen LogP contribution in [0.15, 0.2) is 33.4 Å². The number of hydrogen-bond acceptors (Lipinski definition) is 6. The molecule has 0 aliphatic heterocycles. The van der Waals surface area contributed by atoms with Gasteiger partial charge in [-0.3, -0.25) is 10.1 Å². The largest absolute Gasteiger partial charge is 0.298 e. The van der Waals surface area contributed by atoms with E-state index < -0.39 is 10.0 Å². The molecule has 1 N–H and O–H groups in total. The zero-order chi connectivity index (χ0) is 18.8. The van der Waals surface area contributed by atoms with Crippen molar-refractivity contribution in [3.8, 4) is 0 Å². The average Bonchev–Trinajstić information content (AvgIpc) is 2.93. The van der Waals surface area contributed by atoms with Crippen LogP contribution in [0.2, 0.25) is 0 Å². The molecule has 6 nitrogen and oxygen atoms in total. The summed E-state index contributed by atoms with van der Waals surface area (Å²) in [5.74, 6) is -0.317. The van der Waals surface area contributed by atoms with E-state index >= 15 is 0 Å². The van der Waals surface area contributed by atoms with Crippen LogP contribution < -0.4 is 5.32 Å². The summed E-state index contributed by atoms with van der Waals surface area (Å²) >= 11 is 3.00. The maximum atomic E-state index is 12.4. The lowest BCUT2D eigenvalue weighted by atomic mass is 10.2. The lowest BCUT2D eigenvalue weighted by Gasteiger charge is -2.20. The van der Waals surface area contributed by atoms with Crippen LogP contribution in [0.5, 0.6) is 0 Å². The van der Waals surface area contributed by atoms with Gasteiger partial charge < -0.3 is 0 Å². The summed E-state index contributed by atoms with van der Waals surface area (Å²) in [4.78, 5) is 16.8. The first-order valence-corrected chi connectivity index (χ1v) is 11.1. The van der Waals surface area contributed by atoms with Crippen molar-refractivity contribution in [3.63, 3.8) is 0 Å². The first kappa shape index (κ1) is 19.9. The number of anilines is 1. The molecule has 0 aliphatic rings. The molecule has 25 heavy (non-hydrogen) atoms. The monoisotopic (exact) mass is 399 g/mol. The second kappa shape index (κ2) is 7.86. The van der Waals surface area contributed by atoms with Crippen molar-refractivity contribution in [2.75, 3.05) is 18.6 Å². The number of nitrogens with zero attached hydrogens (tertiary/aromatic N) is 2. The number of aromatic nitrogens is 1. The minimum atomic E-state index is -3.56. The fourth-order valence-corrected chi connectivity index (χ4v) is 4.99. The van der Waals surface area contributed by atoms with Crippen LogP contribution in [-0.2, 0) is 10.0 Å². The van der Waals surface area contributed by atoms with Crippen molar-refractivity contribution in [3.05, 3.63) is 35.5 Å². The summed E-state index contributed by atoms with van der Waals surface area (Å²) in [6.45, 7) is 5.50. The quantitative estimate of drug-likeness (QED) is 0.753. The van der Waals surface area contributed by atoms with Crippen molar-refractivity contribution in [2.24, 2.45) is 0 Å². The van der Waals surface area contributed by atoms with E-state index in [0.29, 0.717) is 10.7 Å². The Bertz CT molecular complexity index is 858. The third kappa shape index (κ3) is 4.41. The van der Waals surface area contributed by atoms with Crippen molar-refractivity contribution in [1.82, 2.24) is 9.29 Å². The molecule has 0 radical (unpaired) electrons. The van der Waals surface area contributed by atoms with Crippen LogP contribution in [0.3, 0.4) is 0 Å². The van der Waals surface area contributed by atoms with Crippen LogP contribution in [0, 0.1) is 6.92 Å². The molecule has 0 aliphatic carbocycles. The number of carbonyl (C=O) groups excluding carboxylic acids is 1. The van der Waals surface area contributed by atoms with E-state index in [0.717, 1.165) is 9.90 Å². The molecule has 0 saturated carbocycles. The summed E-state index contributed by atoms with van der Waals surface area (Å²) < 4.78 is 27.2. The van der Waals surface area contributed by atoms with Gasteiger partial charge in [0.15, 0.2) is 5.13 Å². The van der Waals surface area contributed by atoms with Gasteiger partial charge in [-0.1, -0.05) is 11.3 Å². The minimum absolute atomic E-state index is 0.147. The van der Waals surface area contributed by atoms with Crippen molar-refractivity contribution in [1.29, 1.82) is 0 Å². The molecule has 2 rings (SSSR count). The summed E-state index contributed by atoms with van der Waals surface area (Å²) in [6.07, 6.45) is 1.96. The highest BCUT2D eigenvalue weighted by atomic mass is 32.2. The van der Waals surface area contributed by atoms with E-state index in [1.54, 1.807) is 25.6 Å². The molecule has 9 heteroatoms. The SMILES string of the molecule is CSc1sc(NC(=O)c2ccc(S(=O)(=O)N(C)C(C)C)cc2)nc1C. The van der Waals surface area contributed by atoms with Crippen LogP contribution in [0.1, 0.15) is 29.9 Å². The Kier molecular flexibility index (Phi) is 6.26. The van der Waals surface area contributed by atoms with Gasteiger partial charge in [-0.05, 0) is 51.3 Å². The highest BCUT2D eigenvalue weighted by Crippen LogP contribution is 2.30. The molecule has 0 fully saturated rings. The number of carbonyl (C=O) groups is 1. The number of hydrogen-bond donors (Lipinski definition) is 1. The Hall–Kier alpha value is -1.42. The fraction of sp³-hybridized carbons (Fsp3) is 0.375. The van der Waals surface area contributed by atoms with Gasteiger partial charge in [0.05, 0.1) is 14.8 Å². The van der Waals surface area contributed by atoms with Gasteiger partial charge in [0.1, 0.15) is 0 Å². The van der Waals surface area contributed by atoms with Crippen LogP contribution in [0.25, 0.3) is 0 Å². The lowest BCUT2D eigenvalue weighted by Crippen LogP contribution is -2.33. The summed E-state index contributed by atoms with van der Waals surface area (Å²) in [7, 11) is -2.02. The standard InChI is InChI=1S/C16H21N3O3S3/c1-10(2)19(4)25(21,22)13-8-6-12(7-9-13)14(20)18-16-17-11(3)15(23-5)24-16/h6-10H,1-5H3,(H,17,18,20). The maximum absolute atomic E-state index is 12.4. The van der Waals surface area contributed by atoms with E-state index in [4.69, 9.17) is 0 Å². The Morgan fingerprint density at radius 1 is 1.28 bits per heavy atom. The topological polar surface area (TPSA) is 79.4 Å². The van der Waals surface area contributed by atoms with Gasteiger partial charge >= 0.3 is 0 Å². The number of thiazole rings is 1. The Morgan fingerprint density at radius 3 is 2.36 bits per heavy atom. The molecule has 0 bridgehead atoms. The number of nitrogens with one attached hydrogen (secondary N) is 1. The van der Waals surface area contributed by atoms with Gasteiger partial charge in [0, 0.05) is 18.7 Å². The smallest absolute Gasteiger partial charge is 0.257 e. The van der Waals surface area contributed by atoms with Crippen LogP contribution in [-0.4, -0.2) is 43.0 Å². The first-order valence-electron chi connectivity index (χ1n) is 7.57. The summed E-state index contributed by atoms with van der Waals surface area (Å²) in [5, 5.41) is 3.28. The van der Waals surface area contributed by atoms with Crippen LogP contribution >= 0.6 is 23.1 Å². The molecule has 0 saturated heterocycles. The number of benzene rings is 1. The molecule has 2 aromatic rings. The normalized spacial score (nSPS) is 12.0. The molecule has 1 heterocycles. The number of rotatable bonds is 6.